The molecule has 0 fully saturated rings. The van der Waals surface area contributed by atoms with Gasteiger partial charge in [-0.25, -0.2) is 4.68 Å². The highest BCUT2D eigenvalue weighted by atomic mass is 35.5. The molecule has 0 aliphatic heterocycles. The third kappa shape index (κ3) is 3.46. The first-order valence-corrected chi connectivity index (χ1v) is 9.68. The third-order valence-electron chi connectivity index (χ3n) is 4.66. The summed E-state index contributed by atoms with van der Waals surface area (Å²) in [7, 11) is 1.83. The topological polar surface area (TPSA) is 80.6 Å². The number of benzene rings is 3. The Morgan fingerprint density at radius 3 is 2.53 bits per heavy atom. The zero-order valence-electron chi connectivity index (χ0n) is 16.0. The normalized spacial score (nSPS) is 11.0. The zero-order valence-corrected chi connectivity index (χ0v) is 16.8. The Balaban J connectivity index is 1.37. The standard InChI is InChI=1S/C22H17ClN6O/c1-29-22(25-19-12-11-18-17(20(19)23)13-24-27-18)26-21(28-29)14-7-9-16(10-8-14)30-15-5-3-2-4-6-15/h2-13H,1H3,(H,24,27)(H,25,26,28). The number of aryl methyl sites for hydroxylation is 1. The molecule has 0 unspecified atom stereocenters. The first-order chi connectivity index (χ1) is 14.7. The number of fused-ring (bicyclic) bond motifs is 1. The van der Waals surface area contributed by atoms with Crippen LogP contribution in [-0.2, 0) is 7.05 Å². The molecule has 0 aliphatic carbocycles. The molecule has 0 atom stereocenters. The summed E-state index contributed by atoms with van der Waals surface area (Å²) in [5.41, 5.74) is 2.50. The maximum absolute atomic E-state index is 6.50. The maximum atomic E-state index is 6.50. The van der Waals surface area contributed by atoms with Gasteiger partial charge >= 0.3 is 0 Å². The van der Waals surface area contributed by atoms with Crippen molar-refractivity contribution in [2.24, 2.45) is 7.05 Å². The van der Waals surface area contributed by atoms with Crippen molar-refractivity contribution in [3.63, 3.8) is 0 Å². The monoisotopic (exact) mass is 416 g/mol. The summed E-state index contributed by atoms with van der Waals surface area (Å²) >= 11 is 6.50. The molecule has 0 aliphatic rings. The van der Waals surface area contributed by atoms with Gasteiger partial charge in [0.05, 0.1) is 22.4 Å². The van der Waals surface area contributed by atoms with Crippen LogP contribution >= 0.6 is 11.6 Å². The minimum absolute atomic E-state index is 0.577. The van der Waals surface area contributed by atoms with Crippen LogP contribution in [0.25, 0.3) is 22.3 Å². The third-order valence-corrected chi connectivity index (χ3v) is 5.07. The molecule has 0 saturated carbocycles. The van der Waals surface area contributed by atoms with Gasteiger partial charge in [-0.2, -0.15) is 10.1 Å². The Labute approximate surface area is 177 Å². The number of ether oxygens (including phenoxy) is 1. The van der Waals surface area contributed by atoms with Gasteiger partial charge in [-0.3, -0.25) is 5.10 Å². The van der Waals surface area contributed by atoms with Gasteiger partial charge in [0.2, 0.25) is 5.95 Å². The molecule has 2 N–H and O–H groups in total. The van der Waals surface area contributed by atoms with Gasteiger partial charge in [-0.05, 0) is 48.5 Å². The molecule has 30 heavy (non-hydrogen) atoms. The highest BCUT2D eigenvalue weighted by molar-refractivity contribution is 6.38. The van der Waals surface area contributed by atoms with Crippen molar-refractivity contribution in [3.8, 4) is 22.9 Å². The summed E-state index contributed by atoms with van der Waals surface area (Å²) in [5.74, 6) is 2.73. The number of aromatic amines is 1. The fraction of sp³-hybridized carbons (Fsp3) is 0.0455. The highest BCUT2D eigenvalue weighted by Crippen LogP contribution is 2.32. The Morgan fingerprint density at radius 1 is 0.967 bits per heavy atom. The van der Waals surface area contributed by atoms with Crippen molar-refractivity contribution >= 4 is 34.1 Å². The Hall–Kier alpha value is -3.84. The van der Waals surface area contributed by atoms with Gasteiger partial charge in [-0.1, -0.05) is 29.8 Å². The molecule has 3 aromatic carbocycles. The van der Waals surface area contributed by atoms with Crippen LogP contribution in [0.2, 0.25) is 5.02 Å². The van der Waals surface area contributed by atoms with E-state index < -0.39 is 0 Å². The smallest absolute Gasteiger partial charge is 0.225 e. The van der Waals surface area contributed by atoms with E-state index in [9.17, 15) is 0 Å². The lowest BCUT2D eigenvalue weighted by molar-refractivity contribution is 0.483. The Kier molecular flexibility index (Phi) is 4.57. The average Bonchev–Trinajstić information content (AvgIpc) is 3.39. The summed E-state index contributed by atoms with van der Waals surface area (Å²) in [6, 6.07) is 21.1. The van der Waals surface area contributed by atoms with Gasteiger partial charge in [-0.15, -0.1) is 5.10 Å². The summed E-state index contributed by atoms with van der Waals surface area (Å²) in [4.78, 5) is 4.62. The number of rotatable bonds is 5. The van der Waals surface area contributed by atoms with Crippen LogP contribution in [0.3, 0.4) is 0 Å². The SMILES string of the molecule is Cn1nc(-c2ccc(Oc3ccccc3)cc2)nc1Nc1ccc2[nH]ncc2c1Cl. The van der Waals surface area contributed by atoms with Crippen molar-refractivity contribution < 1.29 is 4.74 Å². The fourth-order valence-corrected chi connectivity index (χ4v) is 3.37. The van der Waals surface area contributed by atoms with Crippen LogP contribution < -0.4 is 10.1 Å². The second-order valence-corrected chi connectivity index (χ2v) is 7.08. The lowest BCUT2D eigenvalue weighted by Gasteiger charge is -2.07. The average molecular weight is 417 g/mol. The maximum Gasteiger partial charge on any atom is 0.225 e. The zero-order chi connectivity index (χ0) is 20.5. The predicted molar refractivity (Wildman–Crippen MR) is 117 cm³/mol. The van der Waals surface area contributed by atoms with Crippen LogP contribution in [0.5, 0.6) is 11.5 Å². The van der Waals surface area contributed by atoms with E-state index in [1.165, 1.54) is 0 Å². The number of anilines is 2. The molecule has 0 bridgehead atoms. The van der Waals surface area contributed by atoms with Crippen molar-refractivity contribution in [1.29, 1.82) is 0 Å². The molecule has 5 aromatic rings. The van der Waals surface area contributed by atoms with E-state index in [4.69, 9.17) is 16.3 Å². The lowest BCUT2D eigenvalue weighted by atomic mass is 10.2. The van der Waals surface area contributed by atoms with Crippen molar-refractivity contribution in [3.05, 3.63) is 77.9 Å². The number of nitrogens with zero attached hydrogens (tertiary/aromatic N) is 4. The number of halogens is 1. The second kappa shape index (κ2) is 7.53. The molecule has 148 valence electrons. The number of hydrogen-bond donors (Lipinski definition) is 2. The quantitative estimate of drug-likeness (QED) is 0.392. The molecule has 8 heteroatoms. The van der Waals surface area contributed by atoms with Crippen LogP contribution in [0, 0.1) is 0 Å². The molecule has 0 saturated heterocycles. The Morgan fingerprint density at radius 2 is 1.73 bits per heavy atom. The molecule has 2 aromatic heterocycles. The van der Waals surface area contributed by atoms with Gasteiger partial charge in [0.25, 0.3) is 0 Å². The van der Waals surface area contributed by atoms with E-state index >= 15 is 0 Å². The van der Waals surface area contributed by atoms with Gasteiger partial charge in [0.15, 0.2) is 5.82 Å². The van der Waals surface area contributed by atoms with Gasteiger partial charge in [0.1, 0.15) is 11.5 Å². The number of nitrogens with one attached hydrogen (secondary N) is 2. The first kappa shape index (κ1) is 18.2. The van der Waals surface area contributed by atoms with Crippen molar-refractivity contribution in [2.45, 2.75) is 0 Å². The van der Waals surface area contributed by atoms with Crippen molar-refractivity contribution in [1.82, 2.24) is 25.0 Å². The summed E-state index contributed by atoms with van der Waals surface area (Å²) in [5, 5.41) is 16.1. The lowest BCUT2D eigenvalue weighted by Crippen LogP contribution is -2.00. The molecule has 0 spiro atoms. The van der Waals surface area contributed by atoms with E-state index in [1.54, 1.807) is 10.9 Å². The predicted octanol–water partition coefficient (Wildman–Crippen LogP) is 5.55. The van der Waals surface area contributed by atoms with Crippen LogP contribution in [0.4, 0.5) is 11.6 Å². The van der Waals surface area contributed by atoms with Crippen LogP contribution in [-0.4, -0.2) is 25.0 Å². The minimum Gasteiger partial charge on any atom is -0.457 e. The summed E-state index contributed by atoms with van der Waals surface area (Å²) < 4.78 is 7.52. The van der Waals surface area contributed by atoms with E-state index in [-0.39, 0.29) is 0 Å². The Bertz CT molecular complexity index is 1310. The summed E-state index contributed by atoms with van der Waals surface area (Å²) in [6.45, 7) is 0. The molecular weight excluding hydrogens is 400 g/mol. The highest BCUT2D eigenvalue weighted by Gasteiger charge is 2.13. The molecular formula is C22H17ClN6O. The first-order valence-electron chi connectivity index (χ1n) is 9.30. The van der Waals surface area contributed by atoms with E-state index in [1.807, 2.05) is 73.8 Å². The molecule has 0 amide bonds. The largest absolute Gasteiger partial charge is 0.457 e. The van der Waals surface area contributed by atoms with Crippen LogP contribution in [0.15, 0.2) is 72.9 Å². The fourth-order valence-electron chi connectivity index (χ4n) is 3.11. The number of para-hydroxylation sites is 1. The van der Waals surface area contributed by atoms with E-state index in [0.29, 0.717) is 16.8 Å². The molecule has 7 nitrogen and oxygen atoms in total. The van der Waals surface area contributed by atoms with Gasteiger partial charge < -0.3 is 10.1 Å². The number of H-pyrrole nitrogens is 1. The number of hydrogen-bond acceptors (Lipinski definition) is 5. The number of aromatic nitrogens is 5. The second-order valence-electron chi connectivity index (χ2n) is 6.71. The minimum atomic E-state index is 0.577. The molecule has 0 radical (unpaired) electrons. The van der Waals surface area contributed by atoms with Crippen LogP contribution in [0.1, 0.15) is 0 Å². The molecule has 5 rings (SSSR count). The summed E-state index contributed by atoms with van der Waals surface area (Å²) in [6.07, 6.45) is 1.70. The van der Waals surface area contributed by atoms with Gasteiger partial charge in [0, 0.05) is 18.0 Å². The van der Waals surface area contributed by atoms with E-state index in [2.05, 4.69) is 25.6 Å². The molecule has 2 heterocycles. The van der Waals surface area contributed by atoms with E-state index in [0.717, 1.165) is 33.7 Å². The van der Waals surface area contributed by atoms with Crippen molar-refractivity contribution in [2.75, 3.05) is 5.32 Å².